The number of anilines is 1. The number of pyridine rings is 1. The highest BCUT2D eigenvalue weighted by Crippen LogP contribution is 2.27. The zero-order valence-electron chi connectivity index (χ0n) is 10.6. The molecule has 5 nitrogen and oxygen atoms in total. The summed E-state index contributed by atoms with van der Waals surface area (Å²) in [6.07, 6.45) is 2.04. The lowest BCUT2D eigenvalue weighted by Gasteiger charge is -2.13. The van der Waals surface area contributed by atoms with Gasteiger partial charge in [0.1, 0.15) is 5.69 Å². The first kappa shape index (κ1) is 12.5. The van der Waals surface area contributed by atoms with Gasteiger partial charge in [0, 0.05) is 12.8 Å². The van der Waals surface area contributed by atoms with Crippen LogP contribution in [-0.4, -0.2) is 28.5 Å². The molecule has 0 bridgehead atoms. The summed E-state index contributed by atoms with van der Waals surface area (Å²) in [6.45, 7) is 0.0658. The van der Waals surface area contributed by atoms with Gasteiger partial charge in [-0.05, 0) is 36.2 Å². The van der Waals surface area contributed by atoms with Crippen LogP contribution in [0.1, 0.15) is 26.4 Å². The summed E-state index contributed by atoms with van der Waals surface area (Å²) in [5.74, 6) is -0.756. The van der Waals surface area contributed by atoms with Crippen LogP contribution >= 0.6 is 0 Å². The van der Waals surface area contributed by atoms with Gasteiger partial charge in [-0.2, -0.15) is 0 Å². The van der Waals surface area contributed by atoms with Crippen LogP contribution in [0.25, 0.3) is 0 Å². The number of imide groups is 1. The van der Waals surface area contributed by atoms with Crippen molar-refractivity contribution in [3.8, 4) is 0 Å². The van der Waals surface area contributed by atoms with Gasteiger partial charge in [0.15, 0.2) is 0 Å². The number of carbonyl (C=O) groups is 2. The molecule has 100 valence electrons. The Kier molecular flexibility index (Phi) is 3.04. The molecule has 1 aliphatic heterocycles. The van der Waals surface area contributed by atoms with Crippen LogP contribution in [0, 0.1) is 0 Å². The molecule has 0 saturated heterocycles. The second kappa shape index (κ2) is 4.86. The lowest BCUT2D eigenvalue weighted by molar-refractivity contribution is 0.0924. The van der Waals surface area contributed by atoms with Crippen molar-refractivity contribution in [3.63, 3.8) is 0 Å². The Morgan fingerprint density at radius 2 is 1.80 bits per heavy atom. The highest BCUT2D eigenvalue weighted by molar-refractivity contribution is 6.33. The van der Waals surface area contributed by atoms with Crippen molar-refractivity contribution in [1.29, 1.82) is 0 Å². The molecular weight excluding hydrogens is 256 g/mol. The second-order valence-electron chi connectivity index (χ2n) is 4.49. The van der Waals surface area contributed by atoms with Crippen molar-refractivity contribution in [2.75, 3.05) is 11.5 Å². The first-order valence-corrected chi connectivity index (χ1v) is 6.26. The standard InChI is InChI=1S/C15H12N2O3/c18-9-7-10-3-5-11(6-4-10)17-14(19)12-2-1-8-16-13(12)15(17)20/h1-6,8,18H,7,9H2. The molecule has 0 saturated carbocycles. The van der Waals surface area contributed by atoms with Gasteiger partial charge in [0.25, 0.3) is 11.8 Å². The highest BCUT2D eigenvalue weighted by Gasteiger charge is 2.37. The molecule has 1 aromatic heterocycles. The van der Waals surface area contributed by atoms with Gasteiger partial charge < -0.3 is 5.11 Å². The maximum atomic E-state index is 12.2. The van der Waals surface area contributed by atoms with Crippen molar-refractivity contribution in [2.45, 2.75) is 6.42 Å². The van der Waals surface area contributed by atoms with Gasteiger partial charge in [0.2, 0.25) is 0 Å². The molecule has 1 aliphatic rings. The molecule has 2 amide bonds. The Labute approximate surface area is 115 Å². The molecule has 5 heteroatoms. The molecule has 0 aliphatic carbocycles. The Bertz CT molecular complexity index is 645. The Hall–Kier alpha value is -2.53. The number of aliphatic hydroxyl groups is 1. The number of aromatic nitrogens is 1. The molecule has 0 fully saturated rings. The summed E-state index contributed by atoms with van der Waals surface area (Å²) in [7, 11) is 0. The number of benzene rings is 1. The van der Waals surface area contributed by atoms with E-state index in [1.54, 1.807) is 36.4 Å². The quantitative estimate of drug-likeness (QED) is 0.855. The number of carbonyl (C=O) groups excluding carboxylic acids is 2. The van der Waals surface area contributed by atoms with Gasteiger partial charge in [-0.3, -0.25) is 14.6 Å². The summed E-state index contributed by atoms with van der Waals surface area (Å²) < 4.78 is 0. The number of amides is 2. The molecule has 20 heavy (non-hydrogen) atoms. The Balaban J connectivity index is 1.96. The van der Waals surface area contributed by atoms with Crippen LogP contribution < -0.4 is 4.90 Å². The van der Waals surface area contributed by atoms with E-state index in [-0.39, 0.29) is 18.2 Å². The summed E-state index contributed by atoms with van der Waals surface area (Å²) >= 11 is 0. The van der Waals surface area contributed by atoms with Gasteiger partial charge >= 0.3 is 0 Å². The van der Waals surface area contributed by atoms with Gasteiger partial charge in [-0.25, -0.2) is 4.90 Å². The van der Waals surface area contributed by atoms with E-state index in [0.29, 0.717) is 17.7 Å². The smallest absolute Gasteiger partial charge is 0.284 e. The second-order valence-corrected chi connectivity index (χ2v) is 4.49. The molecule has 0 radical (unpaired) electrons. The molecule has 0 atom stereocenters. The fraction of sp³-hybridized carbons (Fsp3) is 0.133. The van der Waals surface area contributed by atoms with Crippen LogP contribution in [0.2, 0.25) is 0 Å². The fourth-order valence-electron chi connectivity index (χ4n) is 2.24. The summed E-state index contributed by atoms with van der Waals surface area (Å²) in [5, 5.41) is 8.88. The van der Waals surface area contributed by atoms with E-state index in [2.05, 4.69) is 4.98 Å². The zero-order chi connectivity index (χ0) is 14.1. The van der Waals surface area contributed by atoms with E-state index in [0.717, 1.165) is 10.5 Å². The van der Waals surface area contributed by atoms with E-state index in [1.165, 1.54) is 6.20 Å². The van der Waals surface area contributed by atoms with Gasteiger partial charge in [-0.1, -0.05) is 12.1 Å². The lowest BCUT2D eigenvalue weighted by atomic mass is 10.1. The number of nitrogens with zero attached hydrogens (tertiary/aromatic N) is 2. The number of fused-ring (bicyclic) bond motifs is 1. The highest BCUT2D eigenvalue weighted by atomic mass is 16.3. The average Bonchev–Trinajstić information content (AvgIpc) is 2.73. The number of hydrogen-bond donors (Lipinski definition) is 1. The maximum Gasteiger partial charge on any atom is 0.284 e. The molecular formula is C15H12N2O3. The van der Waals surface area contributed by atoms with Crippen molar-refractivity contribution < 1.29 is 14.7 Å². The summed E-state index contributed by atoms with van der Waals surface area (Å²) in [6, 6.07) is 10.2. The predicted molar refractivity (Wildman–Crippen MR) is 72.6 cm³/mol. The van der Waals surface area contributed by atoms with E-state index in [1.807, 2.05) is 0 Å². The minimum atomic E-state index is -0.402. The van der Waals surface area contributed by atoms with E-state index in [9.17, 15) is 9.59 Å². The number of rotatable bonds is 3. The van der Waals surface area contributed by atoms with E-state index in [4.69, 9.17) is 5.11 Å². The number of hydrogen-bond acceptors (Lipinski definition) is 4. The van der Waals surface area contributed by atoms with Crippen molar-refractivity contribution >= 4 is 17.5 Å². The average molecular weight is 268 g/mol. The van der Waals surface area contributed by atoms with Gasteiger partial charge in [-0.15, -0.1) is 0 Å². The van der Waals surface area contributed by atoms with Crippen molar-refractivity contribution in [3.05, 3.63) is 59.4 Å². The molecule has 1 aromatic carbocycles. The Morgan fingerprint density at radius 3 is 2.45 bits per heavy atom. The topological polar surface area (TPSA) is 70.5 Å². The normalized spacial score (nSPS) is 13.8. The predicted octanol–water partition coefficient (Wildman–Crippen LogP) is 1.42. The minimum Gasteiger partial charge on any atom is -0.396 e. The largest absolute Gasteiger partial charge is 0.396 e. The van der Waals surface area contributed by atoms with Crippen LogP contribution in [0.3, 0.4) is 0 Å². The lowest BCUT2D eigenvalue weighted by Crippen LogP contribution is -2.29. The monoisotopic (exact) mass is 268 g/mol. The van der Waals surface area contributed by atoms with E-state index >= 15 is 0 Å². The molecule has 2 heterocycles. The van der Waals surface area contributed by atoms with Crippen LogP contribution in [-0.2, 0) is 6.42 Å². The fourth-order valence-corrected chi connectivity index (χ4v) is 2.24. The zero-order valence-corrected chi connectivity index (χ0v) is 10.6. The van der Waals surface area contributed by atoms with E-state index < -0.39 is 5.91 Å². The molecule has 0 spiro atoms. The first-order valence-electron chi connectivity index (χ1n) is 6.26. The summed E-state index contributed by atoms with van der Waals surface area (Å²) in [4.78, 5) is 29.6. The maximum absolute atomic E-state index is 12.2. The third-order valence-electron chi connectivity index (χ3n) is 3.24. The third-order valence-corrected chi connectivity index (χ3v) is 3.24. The number of aliphatic hydroxyl groups excluding tert-OH is 1. The molecule has 1 N–H and O–H groups in total. The minimum absolute atomic E-state index is 0.0658. The molecule has 3 rings (SSSR count). The van der Waals surface area contributed by atoms with Crippen LogP contribution in [0.5, 0.6) is 0 Å². The third kappa shape index (κ3) is 1.88. The van der Waals surface area contributed by atoms with Crippen LogP contribution in [0.15, 0.2) is 42.6 Å². The van der Waals surface area contributed by atoms with Crippen molar-refractivity contribution in [1.82, 2.24) is 4.98 Å². The molecule has 0 unspecified atom stereocenters. The first-order chi connectivity index (χ1) is 9.72. The van der Waals surface area contributed by atoms with Crippen molar-refractivity contribution in [2.24, 2.45) is 0 Å². The molecule has 2 aromatic rings. The van der Waals surface area contributed by atoms with Crippen LogP contribution in [0.4, 0.5) is 5.69 Å². The Morgan fingerprint density at radius 1 is 1.05 bits per heavy atom. The van der Waals surface area contributed by atoms with Gasteiger partial charge in [0.05, 0.1) is 11.3 Å². The summed E-state index contributed by atoms with van der Waals surface area (Å²) in [5.41, 5.74) is 1.99. The SMILES string of the molecule is O=C1c2cccnc2C(=O)N1c1ccc(CCO)cc1.